The molecule has 21 heavy (non-hydrogen) atoms. The molecule has 0 atom stereocenters. The molecule has 6 heteroatoms. The summed E-state index contributed by atoms with van der Waals surface area (Å²) in [5.41, 5.74) is 0.298. The van der Waals surface area contributed by atoms with Gasteiger partial charge in [-0.15, -0.1) is 0 Å². The largest absolute Gasteiger partial charge is 0.396 e. The van der Waals surface area contributed by atoms with Crippen molar-refractivity contribution in [1.29, 1.82) is 0 Å². The highest BCUT2D eigenvalue weighted by Gasteiger charge is 2.11. The Kier molecular flexibility index (Phi) is 5.22. The van der Waals surface area contributed by atoms with Crippen molar-refractivity contribution in [3.05, 3.63) is 52.4 Å². The first-order valence-corrected chi connectivity index (χ1v) is 6.76. The van der Waals surface area contributed by atoms with Gasteiger partial charge < -0.3 is 15.4 Å². The van der Waals surface area contributed by atoms with Crippen LogP contribution in [0.15, 0.2) is 41.3 Å². The second-order valence-corrected chi connectivity index (χ2v) is 4.53. The van der Waals surface area contributed by atoms with Gasteiger partial charge in [-0.25, -0.2) is 4.98 Å². The molecule has 0 aliphatic heterocycles. The SMILES string of the molecule is O=C(NCCCCO)c1cnc(-c2ccccc2)[nH]c1=O. The lowest BCUT2D eigenvalue weighted by atomic mass is 10.2. The van der Waals surface area contributed by atoms with Crippen LogP contribution >= 0.6 is 0 Å². The number of hydrogen-bond donors (Lipinski definition) is 3. The van der Waals surface area contributed by atoms with Crippen LogP contribution in [0, 0.1) is 0 Å². The van der Waals surface area contributed by atoms with Gasteiger partial charge in [-0.2, -0.15) is 0 Å². The molecule has 2 rings (SSSR count). The van der Waals surface area contributed by atoms with E-state index in [1.807, 2.05) is 30.3 Å². The molecule has 110 valence electrons. The fourth-order valence-electron chi connectivity index (χ4n) is 1.83. The Hall–Kier alpha value is -2.47. The molecule has 3 N–H and O–H groups in total. The number of H-pyrrole nitrogens is 1. The summed E-state index contributed by atoms with van der Waals surface area (Å²) in [4.78, 5) is 30.5. The fraction of sp³-hybridized carbons (Fsp3) is 0.267. The van der Waals surface area contributed by atoms with Gasteiger partial charge in [-0.05, 0) is 12.8 Å². The number of aromatic nitrogens is 2. The molecule has 0 fully saturated rings. The molecular weight excluding hydrogens is 270 g/mol. The first-order chi connectivity index (χ1) is 10.2. The standard InChI is InChI=1S/C15H17N3O3/c19-9-5-4-8-16-14(20)12-10-17-13(18-15(12)21)11-6-2-1-3-7-11/h1-3,6-7,10,19H,4-5,8-9H2,(H,16,20)(H,17,18,21). The van der Waals surface area contributed by atoms with E-state index in [0.717, 1.165) is 5.56 Å². The lowest BCUT2D eigenvalue weighted by Gasteiger charge is -2.05. The summed E-state index contributed by atoms with van der Waals surface area (Å²) in [6.07, 6.45) is 2.56. The normalized spacial score (nSPS) is 10.3. The van der Waals surface area contributed by atoms with Crippen LogP contribution in [0.25, 0.3) is 11.4 Å². The van der Waals surface area contributed by atoms with E-state index in [-0.39, 0.29) is 12.2 Å². The van der Waals surface area contributed by atoms with Crippen molar-refractivity contribution in [2.24, 2.45) is 0 Å². The summed E-state index contributed by atoms with van der Waals surface area (Å²) in [5.74, 6) is -0.0290. The van der Waals surface area contributed by atoms with Crippen LogP contribution in [0.5, 0.6) is 0 Å². The Balaban J connectivity index is 2.09. The first kappa shape index (κ1) is 14.9. The monoisotopic (exact) mass is 287 g/mol. The minimum atomic E-state index is -0.469. The van der Waals surface area contributed by atoms with Gasteiger partial charge in [0.2, 0.25) is 0 Å². The van der Waals surface area contributed by atoms with E-state index in [2.05, 4.69) is 15.3 Å². The molecular formula is C15H17N3O3. The molecule has 0 saturated heterocycles. The number of carbonyl (C=O) groups excluding carboxylic acids is 1. The Morgan fingerprint density at radius 2 is 2.00 bits per heavy atom. The van der Waals surface area contributed by atoms with Crippen LogP contribution in [-0.4, -0.2) is 34.1 Å². The van der Waals surface area contributed by atoms with E-state index in [4.69, 9.17) is 5.11 Å². The molecule has 0 spiro atoms. The summed E-state index contributed by atoms with van der Waals surface area (Å²) in [6.45, 7) is 0.503. The fourth-order valence-corrected chi connectivity index (χ4v) is 1.83. The zero-order valence-electron chi connectivity index (χ0n) is 11.5. The third-order valence-corrected chi connectivity index (χ3v) is 2.96. The number of nitrogens with one attached hydrogen (secondary N) is 2. The van der Waals surface area contributed by atoms with Crippen molar-refractivity contribution in [3.63, 3.8) is 0 Å². The Bertz CT molecular complexity index is 653. The number of aliphatic hydroxyl groups is 1. The van der Waals surface area contributed by atoms with Crippen molar-refractivity contribution in [1.82, 2.24) is 15.3 Å². The molecule has 1 aromatic carbocycles. The molecule has 0 unspecified atom stereocenters. The van der Waals surface area contributed by atoms with Crippen LogP contribution in [0.1, 0.15) is 23.2 Å². The van der Waals surface area contributed by atoms with Crippen molar-refractivity contribution < 1.29 is 9.90 Å². The molecule has 0 aliphatic carbocycles. The zero-order chi connectivity index (χ0) is 15.1. The van der Waals surface area contributed by atoms with Gasteiger partial charge in [0, 0.05) is 24.9 Å². The smallest absolute Gasteiger partial charge is 0.264 e. The number of benzene rings is 1. The van der Waals surface area contributed by atoms with Crippen molar-refractivity contribution >= 4 is 5.91 Å². The summed E-state index contributed by atoms with van der Waals surface area (Å²) in [7, 11) is 0. The molecule has 2 aromatic rings. The zero-order valence-corrected chi connectivity index (χ0v) is 11.5. The number of nitrogens with zero attached hydrogens (tertiary/aromatic N) is 1. The molecule has 1 amide bonds. The van der Waals surface area contributed by atoms with E-state index < -0.39 is 11.5 Å². The number of aromatic amines is 1. The summed E-state index contributed by atoms with van der Waals surface area (Å²) in [6, 6.07) is 9.21. The average Bonchev–Trinajstić information content (AvgIpc) is 2.52. The highest BCUT2D eigenvalue weighted by atomic mass is 16.3. The second-order valence-electron chi connectivity index (χ2n) is 4.53. The molecule has 1 aromatic heterocycles. The molecule has 0 radical (unpaired) electrons. The molecule has 1 heterocycles. The molecule has 6 nitrogen and oxygen atoms in total. The third-order valence-electron chi connectivity index (χ3n) is 2.96. The topological polar surface area (TPSA) is 95.1 Å². The van der Waals surface area contributed by atoms with E-state index in [9.17, 15) is 9.59 Å². The number of rotatable bonds is 6. The second kappa shape index (κ2) is 7.35. The number of hydrogen-bond acceptors (Lipinski definition) is 4. The van der Waals surface area contributed by atoms with Crippen molar-refractivity contribution in [3.8, 4) is 11.4 Å². The number of amides is 1. The lowest BCUT2D eigenvalue weighted by molar-refractivity contribution is 0.0950. The maximum Gasteiger partial charge on any atom is 0.264 e. The summed E-state index contributed by atoms with van der Waals surface area (Å²) < 4.78 is 0. The quantitative estimate of drug-likeness (QED) is 0.689. The van der Waals surface area contributed by atoms with E-state index in [0.29, 0.717) is 25.2 Å². The van der Waals surface area contributed by atoms with E-state index >= 15 is 0 Å². The summed E-state index contributed by atoms with van der Waals surface area (Å²) >= 11 is 0. The van der Waals surface area contributed by atoms with E-state index in [1.165, 1.54) is 6.20 Å². The molecule has 0 bridgehead atoms. The number of unbranched alkanes of at least 4 members (excludes halogenated alkanes) is 1. The summed E-state index contributed by atoms with van der Waals surface area (Å²) in [5, 5.41) is 11.3. The van der Waals surface area contributed by atoms with E-state index in [1.54, 1.807) is 0 Å². The van der Waals surface area contributed by atoms with Gasteiger partial charge in [0.1, 0.15) is 11.4 Å². The molecule has 0 saturated carbocycles. The number of carbonyl (C=O) groups is 1. The van der Waals surface area contributed by atoms with Crippen molar-refractivity contribution in [2.75, 3.05) is 13.2 Å². The minimum absolute atomic E-state index is 0.0151. The van der Waals surface area contributed by atoms with Crippen LogP contribution < -0.4 is 10.9 Å². The number of aliphatic hydroxyl groups excluding tert-OH is 1. The van der Waals surface area contributed by atoms with Crippen LogP contribution in [0.4, 0.5) is 0 Å². The highest BCUT2D eigenvalue weighted by molar-refractivity contribution is 5.93. The lowest BCUT2D eigenvalue weighted by Crippen LogP contribution is -2.30. The van der Waals surface area contributed by atoms with Crippen LogP contribution in [0.3, 0.4) is 0 Å². The van der Waals surface area contributed by atoms with Gasteiger partial charge in [0.25, 0.3) is 11.5 Å². The van der Waals surface area contributed by atoms with Gasteiger partial charge in [-0.3, -0.25) is 9.59 Å². The van der Waals surface area contributed by atoms with Gasteiger partial charge in [-0.1, -0.05) is 30.3 Å². The average molecular weight is 287 g/mol. The minimum Gasteiger partial charge on any atom is -0.396 e. The highest BCUT2D eigenvalue weighted by Crippen LogP contribution is 2.11. The first-order valence-electron chi connectivity index (χ1n) is 6.76. The van der Waals surface area contributed by atoms with Gasteiger partial charge >= 0.3 is 0 Å². The predicted molar refractivity (Wildman–Crippen MR) is 78.9 cm³/mol. The Morgan fingerprint density at radius 1 is 1.24 bits per heavy atom. The van der Waals surface area contributed by atoms with Gasteiger partial charge in [0.15, 0.2) is 0 Å². The third kappa shape index (κ3) is 4.00. The Labute approximate surface area is 121 Å². The predicted octanol–water partition coefficient (Wildman–Crippen LogP) is 0.939. The maximum absolute atomic E-state index is 11.9. The molecule has 0 aliphatic rings. The van der Waals surface area contributed by atoms with Gasteiger partial charge in [0.05, 0.1) is 0 Å². The van der Waals surface area contributed by atoms with Crippen LogP contribution in [0.2, 0.25) is 0 Å². The maximum atomic E-state index is 11.9. The van der Waals surface area contributed by atoms with Crippen LogP contribution in [-0.2, 0) is 0 Å². The Morgan fingerprint density at radius 3 is 2.67 bits per heavy atom. The van der Waals surface area contributed by atoms with Crippen molar-refractivity contribution in [2.45, 2.75) is 12.8 Å².